The van der Waals surface area contributed by atoms with Crippen LogP contribution in [0.1, 0.15) is 32.3 Å². The number of piperidine rings is 1. The maximum Gasteiger partial charge on any atom is 0.288 e. The smallest absolute Gasteiger partial charge is 0.288 e. The highest BCUT2D eigenvalue weighted by Gasteiger charge is 2.25. The zero-order valence-corrected chi connectivity index (χ0v) is 12.1. The van der Waals surface area contributed by atoms with Gasteiger partial charge in [-0.1, -0.05) is 31.5 Å². The largest absolute Gasteiger partial charge is 0.299 e. The summed E-state index contributed by atoms with van der Waals surface area (Å²) in [6.07, 6.45) is 2.34. The van der Waals surface area contributed by atoms with E-state index in [1.54, 1.807) is 12.1 Å². The molecule has 2 rings (SSSR count). The molecule has 5 heteroatoms. The van der Waals surface area contributed by atoms with Crippen molar-refractivity contribution in [2.45, 2.75) is 33.2 Å². The number of likely N-dealkylation sites (tertiary alicyclic amines) is 1. The van der Waals surface area contributed by atoms with Gasteiger partial charge in [0.2, 0.25) is 0 Å². The Hall–Kier alpha value is -1.13. The fourth-order valence-corrected chi connectivity index (χ4v) is 2.56. The zero-order valence-electron chi connectivity index (χ0n) is 11.4. The highest BCUT2D eigenvalue weighted by molar-refractivity contribution is 6.32. The Balaban J connectivity index is 2.04. The van der Waals surface area contributed by atoms with Crippen LogP contribution in [0.2, 0.25) is 5.02 Å². The van der Waals surface area contributed by atoms with Gasteiger partial charge in [-0.2, -0.15) is 0 Å². The highest BCUT2D eigenvalue weighted by Crippen LogP contribution is 2.31. The second-order valence-corrected chi connectivity index (χ2v) is 6.39. The van der Waals surface area contributed by atoms with E-state index < -0.39 is 4.92 Å². The topological polar surface area (TPSA) is 46.4 Å². The molecule has 0 aliphatic carbocycles. The molecule has 104 valence electrons. The van der Waals surface area contributed by atoms with E-state index in [0.717, 1.165) is 25.2 Å². The van der Waals surface area contributed by atoms with Crippen molar-refractivity contribution in [1.29, 1.82) is 0 Å². The van der Waals surface area contributed by atoms with Crippen LogP contribution >= 0.6 is 11.6 Å². The first-order valence-corrected chi connectivity index (χ1v) is 6.90. The summed E-state index contributed by atoms with van der Waals surface area (Å²) in [5.41, 5.74) is 1.37. The Kier molecular flexibility index (Phi) is 4.11. The van der Waals surface area contributed by atoms with E-state index in [-0.39, 0.29) is 10.7 Å². The Bertz CT molecular complexity index is 478. The van der Waals surface area contributed by atoms with Crippen molar-refractivity contribution in [3.63, 3.8) is 0 Å². The zero-order chi connectivity index (χ0) is 14.0. The van der Waals surface area contributed by atoms with Gasteiger partial charge in [0.05, 0.1) is 4.92 Å². The first kappa shape index (κ1) is 14.3. The summed E-state index contributed by atoms with van der Waals surface area (Å²) in [5, 5.41) is 11.1. The van der Waals surface area contributed by atoms with Gasteiger partial charge in [-0.15, -0.1) is 0 Å². The lowest BCUT2D eigenvalue weighted by atomic mass is 9.82. The van der Waals surface area contributed by atoms with Crippen molar-refractivity contribution in [2.75, 3.05) is 13.1 Å². The van der Waals surface area contributed by atoms with Crippen molar-refractivity contribution in [1.82, 2.24) is 4.90 Å². The lowest BCUT2D eigenvalue weighted by Crippen LogP contribution is -2.36. The average molecular weight is 283 g/mol. The maximum absolute atomic E-state index is 10.9. The van der Waals surface area contributed by atoms with Gasteiger partial charge < -0.3 is 0 Å². The minimum atomic E-state index is -0.425. The van der Waals surface area contributed by atoms with Crippen LogP contribution in [0.5, 0.6) is 0 Å². The molecule has 0 aromatic heterocycles. The number of hydrogen-bond donors (Lipinski definition) is 0. The van der Waals surface area contributed by atoms with Crippen LogP contribution in [0.15, 0.2) is 18.2 Å². The van der Waals surface area contributed by atoms with Gasteiger partial charge in [-0.25, -0.2) is 0 Å². The minimum absolute atomic E-state index is 0.00324. The number of nitro benzene ring substituents is 1. The monoisotopic (exact) mass is 282 g/mol. The summed E-state index contributed by atoms with van der Waals surface area (Å²) in [4.78, 5) is 12.8. The van der Waals surface area contributed by atoms with Gasteiger partial charge in [-0.05, 0) is 43.0 Å². The number of rotatable bonds is 3. The molecule has 19 heavy (non-hydrogen) atoms. The standard InChI is InChI=1S/C14H19ClN2O2/c1-14(2)5-7-16(8-6-14)10-11-3-4-12(15)13(9-11)17(18)19/h3-4,9H,5-8,10H2,1-2H3. The first-order valence-electron chi connectivity index (χ1n) is 6.53. The van der Waals surface area contributed by atoms with Crippen molar-refractivity contribution in [3.8, 4) is 0 Å². The van der Waals surface area contributed by atoms with Crippen LogP contribution in [-0.4, -0.2) is 22.9 Å². The van der Waals surface area contributed by atoms with Crippen LogP contribution < -0.4 is 0 Å². The van der Waals surface area contributed by atoms with E-state index in [1.165, 1.54) is 12.8 Å². The van der Waals surface area contributed by atoms with E-state index in [0.29, 0.717) is 5.41 Å². The summed E-state index contributed by atoms with van der Waals surface area (Å²) in [6, 6.07) is 5.07. The molecule has 1 aliphatic rings. The lowest BCUT2D eigenvalue weighted by Gasteiger charge is -2.36. The summed E-state index contributed by atoms with van der Waals surface area (Å²) in [5.74, 6) is 0. The van der Waals surface area contributed by atoms with Gasteiger partial charge in [-0.3, -0.25) is 15.0 Å². The van der Waals surface area contributed by atoms with E-state index >= 15 is 0 Å². The van der Waals surface area contributed by atoms with Gasteiger partial charge in [0.15, 0.2) is 0 Å². The van der Waals surface area contributed by atoms with E-state index in [4.69, 9.17) is 11.6 Å². The highest BCUT2D eigenvalue weighted by atomic mass is 35.5. The second kappa shape index (κ2) is 5.47. The molecule has 0 saturated carbocycles. The third-order valence-corrected chi connectivity index (χ3v) is 4.14. The Labute approximate surface area is 118 Å². The Morgan fingerprint density at radius 2 is 2.00 bits per heavy atom. The van der Waals surface area contributed by atoms with Crippen LogP contribution in [0.25, 0.3) is 0 Å². The van der Waals surface area contributed by atoms with Crippen LogP contribution in [0, 0.1) is 15.5 Å². The number of nitro groups is 1. The van der Waals surface area contributed by atoms with E-state index in [2.05, 4.69) is 18.7 Å². The first-order chi connectivity index (χ1) is 8.87. The molecule has 0 spiro atoms. The van der Waals surface area contributed by atoms with Crippen molar-refractivity contribution >= 4 is 17.3 Å². The molecular formula is C14H19ClN2O2. The van der Waals surface area contributed by atoms with Crippen LogP contribution in [-0.2, 0) is 6.54 Å². The molecule has 0 unspecified atom stereocenters. The number of hydrogen-bond acceptors (Lipinski definition) is 3. The van der Waals surface area contributed by atoms with Gasteiger partial charge >= 0.3 is 0 Å². The quantitative estimate of drug-likeness (QED) is 0.624. The molecule has 1 aromatic carbocycles. The SMILES string of the molecule is CC1(C)CCN(Cc2ccc(Cl)c([N+](=O)[O-])c2)CC1. The van der Waals surface area contributed by atoms with Crippen molar-refractivity contribution in [2.24, 2.45) is 5.41 Å². The van der Waals surface area contributed by atoms with E-state index in [9.17, 15) is 10.1 Å². The third kappa shape index (κ3) is 3.67. The third-order valence-electron chi connectivity index (χ3n) is 3.82. The Morgan fingerprint density at radius 1 is 1.37 bits per heavy atom. The number of nitrogens with zero attached hydrogens (tertiary/aromatic N) is 2. The predicted octanol–water partition coefficient (Wildman–Crippen LogP) is 3.87. The molecular weight excluding hydrogens is 264 g/mol. The Morgan fingerprint density at radius 3 is 2.58 bits per heavy atom. The van der Waals surface area contributed by atoms with Gasteiger partial charge in [0.25, 0.3) is 5.69 Å². The molecule has 0 atom stereocenters. The van der Waals surface area contributed by atoms with Crippen molar-refractivity contribution < 1.29 is 4.92 Å². The molecule has 0 bridgehead atoms. The molecule has 0 amide bonds. The average Bonchev–Trinajstić information content (AvgIpc) is 2.34. The maximum atomic E-state index is 10.9. The molecule has 1 fully saturated rings. The summed E-state index contributed by atoms with van der Waals surface area (Å²) in [7, 11) is 0. The molecule has 1 aliphatic heterocycles. The lowest BCUT2D eigenvalue weighted by molar-refractivity contribution is -0.384. The number of halogens is 1. The van der Waals surface area contributed by atoms with Gasteiger partial charge in [0.1, 0.15) is 5.02 Å². The molecule has 0 radical (unpaired) electrons. The van der Waals surface area contributed by atoms with Crippen LogP contribution in [0.4, 0.5) is 5.69 Å². The fraction of sp³-hybridized carbons (Fsp3) is 0.571. The van der Waals surface area contributed by atoms with Crippen molar-refractivity contribution in [3.05, 3.63) is 38.9 Å². The minimum Gasteiger partial charge on any atom is -0.299 e. The second-order valence-electron chi connectivity index (χ2n) is 5.98. The summed E-state index contributed by atoms with van der Waals surface area (Å²) in [6.45, 7) is 7.43. The fourth-order valence-electron chi connectivity index (χ4n) is 2.37. The molecule has 1 saturated heterocycles. The molecule has 1 aromatic rings. The summed E-state index contributed by atoms with van der Waals surface area (Å²) >= 11 is 5.82. The normalized spacial score (nSPS) is 19.3. The predicted molar refractivity (Wildman–Crippen MR) is 76.4 cm³/mol. The van der Waals surface area contributed by atoms with Gasteiger partial charge in [0, 0.05) is 12.6 Å². The van der Waals surface area contributed by atoms with E-state index in [1.807, 2.05) is 6.07 Å². The molecule has 4 nitrogen and oxygen atoms in total. The number of benzene rings is 1. The summed E-state index contributed by atoms with van der Waals surface area (Å²) < 4.78 is 0. The molecule has 0 N–H and O–H groups in total. The molecule has 1 heterocycles. The van der Waals surface area contributed by atoms with Crippen LogP contribution in [0.3, 0.4) is 0 Å².